The molecule has 0 aromatic heterocycles. The van der Waals surface area contributed by atoms with E-state index in [0.717, 1.165) is 95.8 Å². The predicted molar refractivity (Wildman–Crippen MR) is 363 cm³/mol. The van der Waals surface area contributed by atoms with Crippen molar-refractivity contribution in [3.8, 4) is 0 Å². The summed E-state index contributed by atoms with van der Waals surface area (Å²) >= 11 is 0. The predicted octanol–water partition coefficient (Wildman–Crippen LogP) is 20.5. The van der Waals surface area contributed by atoms with Crippen LogP contribution in [0.4, 0.5) is 0 Å². The molecule has 0 fully saturated rings. The van der Waals surface area contributed by atoms with Crippen molar-refractivity contribution >= 4 is 39.5 Å². The third kappa shape index (κ3) is 64.8. The van der Waals surface area contributed by atoms with Crippen LogP contribution < -0.4 is 0 Å². The maximum Gasteiger partial charge on any atom is 0.472 e. The Morgan fingerprint density at radius 3 is 0.756 bits per heavy atom. The summed E-state index contributed by atoms with van der Waals surface area (Å²) in [4.78, 5) is 72.6. The Labute approximate surface area is 549 Å². The van der Waals surface area contributed by atoms with E-state index in [2.05, 4.69) is 34.6 Å². The number of carbonyl (C=O) groups excluding carboxylic acids is 4. The first-order chi connectivity index (χ1) is 43.5. The van der Waals surface area contributed by atoms with Crippen LogP contribution >= 0.6 is 15.6 Å². The number of hydrogen-bond acceptors (Lipinski definition) is 15. The highest BCUT2D eigenvalue weighted by Gasteiger charge is 2.30. The number of phosphoric ester groups is 2. The Bertz CT molecular complexity index is 1740. The number of hydrogen-bond donors (Lipinski definition) is 3. The minimum atomic E-state index is -4.95. The monoisotopic (exact) mass is 1320 g/mol. The van der Waals surface area contributed by atoms with Crippen molar-refractivity contribution in [2.45, 2.75) is 387 Å². The molecule has 0 rings (SSSR count). The maximum absolute atomic E-state index is 13.0. The van der Waals surface area contributed by atoms with Crippen molar-refractivity contribution in [2.75, 3.05) is 39.6 Å². The van der Waals surface area contributed by atoms with Crippen LogP contribution in [0.3, 0.4) is 0 Å². The van der Waals surface area contributed by atoms with E-state index in [-0.39, 0.29) is 25.7 Å². The Morgan fingerprint density at radius 2 is 0.511 bits per heavy atom. The summed E-state index contributed by atoms with van der Waals surface area (Å²) in [5.74, 6) is -1.36. The fraction of sp³-hybridized carbons (Fsp3) is 0.944. The summed E-state index contributed by atoms with van der Waals surface area (Å²) in [6, 6.07) is 0. The molecule has 5 atom stereocenters. The number of rotatable bonds is 71. The molecule has 0 aromatic carbocycles. The first kappa shape index (κ1) is 88.1. The molecule has 0 aromatic rings. The lowest BCUT2D eigenvalue weighted by Gasteiger charge is -2.21. The second kappa shape index (κ2) is 64.4. The molecule has 0 saturated carbocycles. The van der Waals surface area contributed by atoms with Gasteiger partial charge in [0.2, 0.25) is 0 Å². The Kier molecular flexibility index (Phi) is 63.0. The van der Waals surface area contributed by atoms with E-state index in [1.807, 2.05) is 0 Å². The smallest absolute Gasteiger partial charge is 0.462 e. The summed E-state index contributed by atoms with van der Waals surface area (Å²) in [5.41, 5.74) is 0. The number of ether oxygens (including phenoxy) is 4. The lowest BCUT2D eigenvalue weighted by atomic mass is 10.0. The van der Waals surface area contributed by atoms with Crippen molar-refractivity contribution in [2.24, 2.45) is 5.92 Å². The van der Waals surface area contributed by atoms with E-state index >= 15 is 0 Å². The molecule has 17 nitrogen and oxygen atoms in total. The highest BCUT2D eigenvalue weighted by molar-refractivity contribution is 7.47. The first-order valence-electron chi connectivity index (χ1n) is 37.1. The molecule has 0 radical (unpaired) electrons. The number of phosphoric acid groups is 2. The molecule has 2 unspecified atom stereocenters. The zero-order valence-electron chi connectivity index (χ0n) is 58.3. The average Bonchev–Trinajstić information content (AvgIpc) is 2.26. The number of aliphatic hydroxyl groups is 1. The topological polar surface area (TPSA) is 237 Å². The zero-order valence-corrected chi connectivity index (χ0v) is 60.1. The van der Waals surface area contributed by atoms with Crippen LogP contribution in [0.2, 0.25) is 0 Å². The molecule has 3 N–H and O–H groups in total. The molecule has 0 heterocycles. The zero-order chi connectivity index (χ0) is 66.3. The van der Waals surface area contributed by atoms with Crippen molar-refractivity contribution in [1.29, 1.82) is 0 Å². The van der Waals surface area contributed by atoms with E-state index < -0.39 is 97.5 Å². The summed E-state index contributed by atoms with van der Waals surface area (Å²) in [5, 5.41) is 10.6. The first-order valence-corrected chi connectivity index (χ1v) is 40.1. The Morgan fingerprint density at radius 1 is 0.300 bits per heavy atom. The van der Waals surface area contributed by atoms with E-state index in [9.17, 15) is 43.2 Å². The van der Waals surface area contributed by atoms with Crippen molar-refractivity contribution in [3.05, 3.63) is 0 Å². The van der Waals surface area contributed by atoms with E-state index in [1.165, 1.54) is 193 Å². The molecule has 19 heteroatoms. The molecule has 0 spiro atoms. The SMILES string of the molecule is CCCCCCCCCCCCCCCCC(=O)O[C@H](COC(=O)CCCCCCCCCCCCC(C)C)COP(=O)(O)OC[C@@H](O)COP(=O)(O)OC[C@@H](COC(=O)CCCCCCCCCCCCC)OC(=O)CCCCCCCCCCCCCC. The largest absolute Gasteiger partial charge is 0.472 e. The number of carbonyl (C=O) groups is 4. The molecule has 0 bridgehead atoms. The molecular formula is C71H138O17P2. The van der Waals surface area contributed by atoms with E-state index in [1.54, 1.807) is 0 Å². The van der Waals surface area contributed by atoms with Gasteiger partial charge in [0.1, 0.15) is 19.3 Å². The van der Waals surface area contributed by atoms with Gasteiger partial charge >= 0.3 is 39.5 Å². The van der Waals surface area contributed by atoms with Crippen LogP contribution in [-0.2, 0) is 65.4 Å². The quantitative estimate of drug-likeness (QED) is 0.0222. The van der Waals surface area contributed by atoms with Gasteiger partial charge in [-0.15, -0.1) is 0 Å². The number of unbranched alkanes of at least 4 members (excludes halogenated alkanes) is 43. The highest BCUT2D eigenvalue weighted by atomic mass is 31.2. The number of aliphatic hydroxyl groups excluding tert-OH is 1. The van der Waals surface area contributed by atoms with Crippen LogP contribution in [0.15, 0.2) is 0 Å². The van der Waals surface area contributed by atoms with Crippen LogP contribution in [0.1, 0.15) is 369 Å². The van der Waals surface area contributed by atoms with Gasteiger partial charge in [0.15, 0.2) is 12.2 Å². The minimum Gasteiger partial charge on any atom is -0.462 e. The third-order valence-corrected chi connectivity index (χ3v) is 18.4. The summed E-state index contributed by atoms with van der Waals surface area (Å²) in [6.07, 6.45) is 51.1. The van der Waals surface area contributed by atoms with Crippen LogP contribution in [0.5, 0.6) is 0 Å². The Hall–Kier alpha value is -1.94. The van der Waals surface area contributed by atoms with E-state index in [0.29, 0.717) is 25.7 Å². The van der Waals surface area contributed by atoms with E-state index in [4.69, 9.17) is 37.0 Å². The van der Waals surface area contributed by atoms with Crippen molar-refractivity contribution in [3.63, 3.8) is 0 Å². The molecular weight excluding hydrogens is 1190 g/mol. The fourth-order valence-corrected chi connectivity index (χ4v) is 12.4. The van der Waals surface area contributed by atoms with Gasteiger partial charge in [0.05, 0.1) is 26.4 Å². The highest BCUT2D eigenvalue weighted by Crippen LogP contribution is 2.45. The molecule has 0 amide bonds. The van der Waals surface area contributed by atoms with Gasteiger partial charge in [-0.05, 0) is 31.6 Å². The minimum absolute atomic E-state index is 0.108. The molecule has 90 heavy (non-hydrogen) atoms. The molecule has 0 aliphatic rings. The van der Waals surface area contributed by atoms with Crippen LogP contribution in [0.25, 0.3) is 0 Å². The fourth-order valence-electron chi connectivity index (χ4n) is 10.8. The molecule has 534 valence electrons. The van der Waals surface area contributed by atoms with Gasteiger partial charge < -0.3 is 33.8 Å². The van der Waals surface area contributed by atoms with Crippen LogP contribution in [0, 0.1) is 5.92 Å². The second-order valence-corrected chi connectivity index (χ2v) is 29.0. The molecule has 0 aliphatic heterocycles. The maximum atomic E-state index is 13.0. The standard InChI is InChI=1S/C71H138O17P2/c1-6-9-12-15-18-21-24-26-27-30-37-42-47-52-57-71(76)88-67(61-82-69(74)55-50-45-40-35-32-31-33-38-43-48-53-64(4)5)63-86-90(79,80)84-59-65(72)58-83-89(77,78)85-62-66(60-81-68(73)54-49-44-39-34-28-23-20-17-14-11-8-3)87-70(75)56-51-46-41-36-29-25-22-19-16-13-10-7-2/h64-67,72H,6-63H2,1-5H3,(H,77,78)(H,79,80)/t65-,66+,67+/m0/s1. The second-order valence-electron chi connectivity index (χ2n) is 26.1. The average molecular weight is 1330 g/mol. The lowest BCUT2D eigenvalue weighted by molar-refractivity contribution is -0.161. The van der Waals surface area contributed by atoms with Gasteiger partial charge in [-0.25, -0.2) is 9.13 Å². The summed E-state index contributed by atoms with van der Waals surface area (Å²) < 4.78 is 68.3. The van der Waals surface area contributed by atoms with Gasteiger partial charge in [0.25, 0.3) is 0 Å². The molecule has 0 aliphatic carbocycles. The number of esters is 4. The third-order valence-electron chi connectivity index (χ3n) is 16.5. The van der Waals surface area contributed by atoms with Crippen LogP contribution in [-0.4, -0.2) is 96.7 Å². The van der Waals surface area contributed by atoms with Gasteiger partial charge in [0, 0.05) is 25.7 Å². The Balaban J connectivity index is 5.25. The van der Waals surface area contributed by atoms with Gasteiger partial charge in [-0.3, -0.25) is 37.3 Å². The summed E-state index contributed by atoms with van der Waals surface area (Å²) in [6.45, 7) is 7.25. The van der Waals surface area contributed by atoms with Gasteiger partial charge in [-0.2, -0.15) is 0 Å². The van der Waals surface area contributed by atoms with Crippen molar-refractivity contribution in [1.82, 2.24) is 0 Å². The normalized spacial score (nSPS) is 14.1. The lowest BCUT2D eigenvalue weighted by Crippen LogP contribution is -2.30. The molecule has 0 saturated heterocycles. The van der Waals surface area contributed by atoms with Gasteiger partial charge in [-0.1, -0.05) is 317 Å². The van der Waals surface area contributed by atoms with Crippen molar-refractivity contribution < 1.29 is 80.2 Å². The summed E-state index contributed by atoms with van der Waals surface area (Å²) in [7, 11) is -9.90.